The molecule has 2 aromatic carbocycles. The van der Waals surface area contributed by atoms with Crippen molar-refractivity contribution >= 4 is 5.96 Å². The molecular weight excluding hydrogens is 390 g/mol. The van der Waals surface area contributed by atoms with E-state index >= 15 is 0 Å². The molecule has 0 bridgehead atoms. The van der Waals surface area contributed by atoms with Gasteiger partial charge in [-0.1, -0.05) is 36.4 Å². The zero-order chi connectivity index (χ0) is 21.6. The molecule has 0 saturated heterocycles. The van der Waals surface area contributed by atoms with Gasteiger partial charge in [0.2, 0.25) is 6.79 Å². The summed E-state index contributed by atoms with van der Waals surface area (Å²) in [7, 11) is 0. The number of ether oxygens (including phenoxy) is 2. The largest absolute Gasteiger partial charge is 0.454 e. The second-order valence-corrected chi connectivity index (χ2v) is 7.53. The summed E-state index contributed by atoms with van der Waals surface area (Å²) in [5, 5.41) is 11.5. The maximum atomic E-state index is 5.46. The third kappa shape index (κ3) is 4.99. The van der Waals surface area contributed by atoms with Gasteiger partial charge in [0, 0.05) is 24.3 Å². The fraction of sp³-hybridized carbons (Fsp3) is 0.333. The fourth-order valence-electron chi connectivity index (χ4n) is 3.62. The van der Waals surface area contributed by atoms with Crippen molar-refractivity contribution in [2.45, 2.75) is 40.4 Å². The van der Waals surface area contributed by atoms with Gasteiger partial charge >= 0.3 is 0 Å². The molecule has 7 heteroatoms. The summed E-state index contributed by atoms with van der Waals surface area (Å²) in [4.78, 5) is 4.73. The number of fused-ring (bicyclic) bond motifs is 1. The average molecular weight is 420 g/mol. The van der Waals surface area contributed by atoms with E-state index in [0.29, 0.717) is 13.1 Å². The van der Waals surface area contributed by atoms with Crippen molar-refractivity contribution < 1.29 is 9.47 Å². The molecule has 162 valence electrons. The Hall–Kier alpha value is -3.48. The van der Waals surface area contributed by atoms with Crippen LogP contribution in [0.4, 0.5) is 0 Å². The quantitative estimate of drug-likeness (QED) is 0.453. The molecule has 0 saturated carbocycles. The van der Waals surface area contributed by atoms with E-state index in [1.807, 2.05) is 24.3 Å². The molecule has 1 aliphatic heterocycles. The number of aliphatic imine (C=N–C) groups is 1. The zero-order valence-electron chi connectivity index (χ0n) is 18.3. The van der Waals surface area contributed by atoms with Gasteiger partial charge in [-0.05, 0) is 44.0 Å². The number of nitrogens with one attached hydrogen (secondary N) is 2. The van der Waals surface area contributed by atoms with E-state index in [1.165, 1.54) is 16.8 Å². The summed E-state index contributed by atoms with van der Waals surface area (Å²) < 4.78 is 12.9. The van der Waals surface area contributed by atoms with Crippen LogP contribution in [0.25, 0.3) is 0 Å². The van der Waals surface area contributed by atoms with E-state index in [1.54, 1.807) is 0 Å². The first-order valence-electron chi connectivity index (χ1n) is 10.6. The van der Waals surface area contributed by atoms with Gasteiger partial charge in [-0.3, -0.25) is 4.68 Å². The van der Waals surface area contributed by atoms with E-state index in [4.69, 9.17) is 19.6 Å². The Morgan fingerprint density at radius 2 is 1.84 bits per heavy atom. The van der Waals surface area contributed by atoms with Crippen LogP contribution < -0.4 is 20.1 Å². The SMILES string of the molecule is CCNC(=NCc1ccc2c(c1)OCO2)NCc1c(C)nn(Cc2ccccc2)c1C. The Balaban J connectivity index is 1.42. The van der Waals surface area contributed by atoms with E-state index in [9.17, 15) is 0 Å². The molecular formula is C24H29N5O2. The normalized spacial score (nSPS) is 12.8. The predicted molar refractivity (Wildman–Crippen MR) is 121 cm³/mol. The minimum atomic E-state index is 0.281. The molecule has 0 spiro atoms. The molecule has 2 N–H and O–H groups in total. The van der Waals surface area contributed by atoms with E-state index in [2.05, 4.69) is 60.4 Å². The molecule has 0 radical (unpaired) electrons. The summed E-state index contributed by atoms with van der Waals surface area (Å²) in [5.41, 5.74) is 5.72. The topological polar surface area (TPSA) is 72.7 Å². The number of aryl methyl sites for hydroxylation is 1. The molecule has 31 heavy (non-hydrogen) atoms. The Labute approximate surface area is 183 Å². The van der Waals surface area contributed by atoms with Crippen molar-refractivity contribution in [1.29, 1.82) is 0 Å². The summed E-state index contributed by atoms with van der Waals surface area (Å²) in [6.45, 7) is 9.30. The van der Waals surface area contributed by atoms with Crippen LogP contribution in [0, 0.1) is 13.8 Å². The minimum Gasteiger partial charge on any atom is -0.454 e. The van der Waals surface area contributed by atoms with Gasteiger partial charge in [0.15, 0.2) is 17.5 Å². The lowest BCUT2D eigenvalue weighted by molar-refractivity contribution is 0.174. The highest BCUT2D eigenvalue weighted by Crippen LogP contribution is 2.32. The van der Waals surface area contributed by atoms with Crippen molar-refractivity contribution in [2.24, 2.45) is 4.99 Å². The number of guanidine groups is 1. The molecule has 1 aromatic heterocycles. The molecule has 0 unspecified atom stereocenters. The first-order chi connectivity index (χ1) is 15.1. The monoisotopic (exact) mass is 419 g/mol. The van der Waals surface area contributed by atoms with Crippen LogP contribution >= 0.6 is 0 Å². The number of hydrogen-bond donors (Lipinski definition) is 2. The van der Waals surface area contributed by atoms with Gasteiger partial charge in [-0.2, -0.15) is 5.10 Å². The Morgan fingerprint density at radius 3 is 2.65 bits per heavy atom. The molecule has 7 nitrogen and oxygen atoms in total. The zero-order valence-corrected chi connectivity index (χ0v) is 18.3. The first-order valence-corrected chi connectivity index (χ1v) is 10.6. The molecule has 0 fully saturated rings. The standard InChI is InChI=1S/C24H29N5O2/c1-4-25-24(26-13-20-10-11-22-23(12-20)31-16-30-22)27-14-21-17(2)28-29(18(21)3)15-19-8-6-5-7-9-19/h5-12H,4,13-16H2,1-3H3,(H2,25,26,27). The lowest BCUT2D eigenvalue weighted by Gasteiger charge is -2.12. The van der Waals surface area contributed by atoms with Gasteiger partial charge < -0.3 is 20.1 Å². The number of hydrogen-bond acceptors (Lipinski definition) is 4. The van der Waals surface area contributed by atoms with Crippen LogP contribution in [0.3, 0.4) is 0 Å². The second kappa shape index (κ2) is 9.55. The maximum Gasteiger partial charge on any atom is 0.231 e. The third-order valence-corrected chi connectivity index (χ3v) is 5.34. The van der Waals surface area contributed by atoms with Crippen LogP contribution in [0.5, 0.6) is 11.5 Å². The lowest BCUT2D eigenvalue weighted by Crippen LogP contribution is -2.37. The van der Waals surface area contributed by atoms with Crippen molar-refractivity contribution in [3.8, 4) is 11.5 Å². The average Bonchev–Trinajstić information content (AvgIpc) is 3.35. The Bertz CT molecular complexity index is 1060. The van der Waals surface area contributed by atoms with Crippen molar-refractivity contribution in [1.82, 2.24) is 20.4 Å². The first kappa shape index (κ1) is 20.8. The number of benzene rings is 2. The Kier molecular flexibility index (Phi) is 6.40. The summed E-state index contributed by atoms with van der Waals surface area (Å²) >= 11 is 0. The van der Waals surface area contributed by atoms with Gasteiger partial charge in [-0.15, -0.1) is 0 Å². The van der Waals surface area contributed by atoms with Gasteiger partial charge in [0.05, 0.1) is 18.8 Å². The van der Waals surface area contributed by atoms with Gasteiger partial charge in [-0.25, -0.2) is 4.99 Å². The predicted octanol–water partition coefficient (Wildman–Crippen LogP) is 3.53. The molecule has 1 aliphatic rings. The molecule has 0 aliphatic carbocycles. The van der Waals surface area contributed by atoms with E-state index < -0.39 is 0 Å². The number of aromatic nitrogens is 2. The summed E-state index contributed by atoms with van der Waals surface area (Å²) in [6, 6.07) is 16.3. The molecule has 3 aromatic rings. The highest BCUT2D eigenvalue weighted by Gasteiger charge is 2.14. The van der Waals surface area contributed by atoms with E-state index in [-0.39, 0.29) is 6.79 Å². The minimum absolute atomic E-state index is 0.281. The summed E-state index contributed by atoms with van der Waals surface area (Å²) in [6.07, 6.45) is 0. The Morgan fingerprint density at radius 1 is 1.03 bits per heavy atom. The third-order valence-electron chi connectivity index (χ3n) is 5.34. The van der Waals surface area contributed by atoms with Crippen molar-refractivity contribution in [3.05, 3.63) is 76.6 Å². The second-order valence-electron chi connectivity index (χ2n) is 7.53. The van der Waals surface area contributed by atoms with Crippen LogP contribution in [0.15, 0.2) is 53.5 Å². The molecule has 2 heterocycles. The smallest absolute Gasteiger partial charge is 0.231 e. The van der Waals surface area contributed by atoms with Crippen LogP contribution in [-0.2, 0) is 19.6 Å². The van der Waals surface area contributed by atoms with Gasteiger partial charge in [0.25, 0.3) is 0 Å². The maximum absolute atomic E-state index is 5.46. The lowest BCUT2D eigenvalue weighted by atomic mass is 10.2. The molecule has 0 amide bonds. The molecule has 0 atom stereocenters. The fourth-order valence-corrected chi connectivity index (χ4v) is 3.62. The van der Waals surface area contributed by atoms with Crippen molar-refractivity contribution in [3.63, 3.8) is 0 Å². The highest BCUT2D eigenvalue weighted by atomic mass is 16.7. The van der Waals surface area contributed by atoms with Crippen LogP contribution in [0.2, 0.25) is 0 Å². The number of nitrogens with zero attached hydrogens (tertiary/aromatic N) is 3. The molecule has 4 rings (SSSR count). The van der Waals surface area contributed by atoms with Crippen molar-refractivity contribution in [2.75, 3.05) is 13.3 Å². The van der Waals surface area contributed by atoms with Crippen LogP contribution in [-0.4, -0.2) is 29.1 Å². The highest BCUT2D eigenvalue weighted by molar-refractivity contribution is 5.79. The summed E-state index contributed by atoms with van der Waals surface area (Å²) in [5.74, 6) is 2.34. The van der Waals surface area contributed by atoms with E-state index in [0.717, 1.165) is 41.8 Å². The van der Waals surface area contributed by atoms with Crippen LogP contribution in [0.1, 0.15) is 35.0 Å². The van der Waals surface area contributed by atoms with Gasteiger partial charge in [0.1, 0.15) is 0 Å². The number of rotatable bonds is 7.